The summed E-state index contributed by atoms with van der Waals surface area (Å²) in [5.41, 5.74) is 9.35. The summed E-state index contributed by atoms with van der Waals surface area (Å²) in [6.07, 6.45) is 0. The van der Waals surface area contributed by atoms with Gasteiger partial charge in [0.25, 0.3) is 0 Å². The van der Waals surface area contributed by atoms with Gasteiger partial charge in [0.15, 0.2) is 0 Å². The second-order valence-electron chi connectivity index (χ2n) is 4.69. The SMILES string of the molecule is Cc1cccc(SCC(=O)Nc2c(C)cccc2N)c1. The fraction of sp³-hybridized carbons (Fsp3) is 0.188. The van der Waals surface area contributed by atoms with Crippen LogP contribution in [-0.4, -0.2) is 11.7 Å². The van der Waals surface area contributed by atoms with Gasteiger partial charge in [-0.25, -0.2) is 0 Å². The first-order valence-electron chi connectivity index (χ1n) is 6.40. The van der Waals surface area contributed by atoms with E-state index in [1.807, 2.05) is 44.2 Å². The fourth-order valence-corrected chi connectivity index (χ4v) is 2.70. The molecule has 0 aliphatic rings. The van der Waals surface area contributed by atoms with Crippen LogP contribution in [0.1, 0.15) is 11.1 Å². The summed E-state index contributed by atoms with van der Waals surface area (Å²) in [4.78, 5) is 13.1. The fourth-order valence-electron chi connectivity index (χ4n) is 1.89. The third kappa shape index (κ3) is 3.78. The Hall–Kier alpha value is -1.94. The van der Waals surface area contributed by atoms with Gasteiger partial charge in [-0.1, -0.05) is 29.8 Å². The number of anilines is 2. The van der Waals surface area contributed by atoms with Gasteiger partial charge in [-0.3, -0.25) is 4.79 Å². The summed E-state index contributed by atoms with van der Waals surface area (Å²) < 4.78 is 0. The second-order valence-corrected chi connectivity index (χ2v) is 5.74. The maximum atomic E-state index is 12.0. The number of benzene rings is 2. The molecule has 1 amide bonds. The van der Waals surface area contributed by atoms with Crippen LogP contribution in [0, 0.1) is 13.8 Å². The van der Waals surface area contributed by atoms with Gasteiger partial charge in [-0.05, 0) is 37.6 Å². The molecule has 2 aromatic rings. The number of rotatable bonds is 4. The number of carbonyl (C=O) groups excluding carboxylic acids is 1. The third-order valence-electron chi connectivity index (χ3n) is 2.93. The molecule has 0 heterocycles. The van der Waals surface area contributed by atoms with Crippen LogP contribution in [0.4, 0.5) is 11.4 Å². The smallest absolute Gasteiger partial charge is 0.234 e. The Bertz CT molecular complexity index is 605. The molecule has 0 aliphatic carbocycles. The quantitative estimate of drug-likeness (QED) is 0.667. The van der Waals surface area contributed by atoms with Crippen LogP contribution in [0.3, 0.4) is 0 Å². The van der Waals surface area contributed by atoms with Crippen molar-refractivity contribution in [3.63, 3.8) is 0 Å². The minimum atomic E-state index is -0.0440. The van der Waals surface area contributed by atoms with Crippen molar-refractivity contribution in [3.05, 3.63) is 53.6 Å². The summed E-state index contributed by atoms with van der Waals surface area (Å²) in [6.45, 7) is 3.97. The lowest BCUT2D eigenvalue weighted by molar-refractivity contribution is -0.113. The number of nitrogens with two attached hydrogens (primary N) is 1. The van der Waals surface area contributed by atoms with E-state index in [4.69, 9.17) is 5.73 Å². The van der Waals surface area contributed by atoms with Crippen molar-refractivity contribution in [1.29, 1.82) is 0 Å². The van der Waals surface area contributed by atoms with Gasteiger partial charge in [-0.2, -0.15) is 0 Å². The molecule has 4 heteroatoms. The summed E-state index contributed by atoms with van der Waals surface area (Å²) in [6, 6.07) is 13.7. The van der Waals surface area contributed by atoms with Crippen molar-refractivity contribution < 1.29 is 4.79 Å². The van der Waals surface area contributed by atoms with Gasteiger partial charge >= 0.3 is 0 Å². The molecular weight excluding hydrogens is 268 g/mol. The Balaban J connectivity index is 1.96. The van der Waals surface area contributed by atoms with Crippen molar-refractivity contribution in [3.8, 4) is 0 Å². The Labute approximate surface area is 123 Å². The molecular formula is C16H18N2OS. The molecule has 0 spiro atoms. The van der Waals surface area contributed by atoms with E-state index in [1.165, 1.54) is 17.3 Å². The molecule has 0 atom stereocenters. The van der Waals surface area contributed by atoms with Crippen LogP contribution in [0.2, 0.25) is 0 Å². The van der Waals surface area contributed by atoms with E-state index in [1.54, 1.807) is 6.07 Å². The van der Waals surface area contributed by atoms with E-state index in [0.717, 1.165) is 10.5 Å². The Morgan fingerprint density at radius 3 is 2.65 bits per heavy atom. The molecule has 104 valence electrons. The molecule has 0 bridgehead atoms. The van der Waals surface area contributed by atoms with Crippen molar-refractivity contribution in [2.75, 3.05) is 16.8 Å². The van der Waals surface area contributed by atoms with Gasteiger partial charge < -0.3 is 11.1 Å². The first kappa shape index (κ1) is 14.5. The second kappa shape index (κ2) is 6.48. The summed E-state index contributed by atoms with van der Waals surface area (Å²) in [5, 5.41) is 2.88. The van der Waals surface area contributed by atoms with E-state index in [0.29, 0.717) is 17.1 Å². The van der Waals surface area contributed by atoms with Crippen LogP contribution in [0.5, 0.6) is 0 Å². The highest BCUT2D eigenvalue weighted by atomic mass is 32.2. The highest BCUT2D eigenvalue weighted by Gasteiger charge is 2.08. The Morgan fingerprint density at radius 1 is 1.20 bits per heavy atom. The number of amides is 1. The van der Waals surface area contributed by atoms with Gasteiger partial charge in [0.1, 0.15) is 0 Å². The highest BCUT2D eigenvalue weighted by Crippen LogP contribution is 2.24. The van der Waals surface area contributed by atoms with E-state index in [-0.39, 0.29) is 5.91 Å². The normalized spacial score (nSPS) is 10.3. The molecule has 0 saturated carbocycles. The average Bonchev–Trinajstić information content (AvgIpc) is 2.41. The van der Waals surface area contributed by atoms with Crippen LogP contribution in [-0.2, 0) is 4.79 Å². The lowest BCUT2D eigenvalue weighted by atomic mass is 10.1. The number of nitrogens with one attached hydrogen (secondary N) is 1. The van der Waals surface area contributed by atoms with Gasteiger partial charge in [-0.15, -0.1) is 11.8 Å². The number of thioether (sulfide) groups is 1. The minimum Gasteiger partial charge on any atom is -0.397 e. The zero-order chi connectivity index (χ0) is 14.5. The van der Waals surface area contributed by atoms with Crippen LogP contribution < -0.4 is 11.1 Å². The lowest BCUT2D eigenvalue weighted by Crippen LogP contribution is -2.16. The first-order chi connectivity index (χ1) is 9.56. The molecule has 0 radical (unpaired) electrons. The van der Waals surface area contributed by atoms with E-state index < -0.39 is 0 Å². The van der Waals surface area contributed by atoms with Crippen LogP contribution >= 0.6 is 11.8 Å². The molecule has 0 fully saturated rings. The van der Waals surface area contributed by atoms with Crippen molar-refractivity contribution in [2.24, 2.45) is 0 Å². The largest absolute Gasteiger partial charge is 0.397 e. The predicted octanol–water partition coefficient (Wildman–Crippen LogP) is 3.62. The maximum absolute atomic E-state index is 12.0. The summed E-state index contributed by atoms with van der Waals surface area (Å²) in [5.74, 6) is 0.328. The van der Waals surface area contributed by atoms with Crippen molar-refractivity contribution >= 4 is 29.0 Å². The van der Waals surface area contributed by atoms with E-state index >= 15 is 0 Å². The molecule has 0 aromatic heterocycles. The molecule has 0 unspecified atom stereocenters. The number of aryl methyl sites for hydroxylation is 2. The Morgan fingerprint density at radius 2 is 1.95 bits per heavy atom. The number of hydrogen-bond donors (Lipinski definition) is 2. The summed E-state index contributed by atoms with van der Waals surface area (Å²) >= 11 is 1.52. The first-order valence-corrected chi connectivity index (χ1v) is 7.39. The van der Waals surface area contributed by atoms with Crippen LogP contribution in [0.15, 0.2) is 47.4 Å². The highest BCUT2D eigenvalue weighted by molar-refractivity contribution is 8.00. The third-order valence-corrected chi connectivity index (χ3v) is 3.92. The zero-order valence-corrected chi connectivity index (χ0v) is 12.5. The van der Waals surface area contributed by atoms with Crippen LogP contribution in [0.25, 0.3) is 0 Å². The number of para-hydroxylation sites is 1. The topological polar surface area (TPSA) is 55.1 Å². The molecule has 2 aromatic carbocycles. The minimum absolute atomic E-state index is 0.0440. The predicted molar refractivity (Wildman–Crippen MR) is 86.1 cm³/mol. The lowest BCUT2D eigenvalue weighted by Gasteiger charge is -2.11. The van der Waals surface area contributed by atoms with Crippen molar-refractivity contribution in [2.45, 2.75) is 18.7 Å². The number of nitrogen functional groups attached to an aromatic ring is 1. The molecule has 3 N–H and O–H groups in total. The molecule has 0 saturated heterocycles. The number of carbonyl (C=O) groups is 1. The van der Waals surface area contributed by atoms with Gasteiger partial charge in [0.05, 0.1) is 17.1 Å². The molecule has 2 rings (SSSR count). The van der Waals surface area contributed by atoms with E-state index in [2.05, 4.69) is 11.4 Å². The van der Waals surface area contributed by atoms with Crippen molar-refractivity contribution in [1.82, 2.24) is 0 Å². The van der Waals surface area contributed by atoms with Gasteiger partial charge in [0, 0.05) is 4.90 Å². The molecule has 20 heavy (non-hydrogen) atoms. The number of hydrogen-bond acceptors (Lipinski definition) is 3. The zero-order valence-electron chi connectivity index (χ0n) is 11.6. The molecule has 0 aliphatic heterocycles. The Kier molecular flexibility index (Phi) is 4.69. The van der Waals surface area contributed by atoms with Gasteiger partial charge in [0.2, 0.25) is 5.91 Å². The average molecular weight is 286 g/mol. The monoisotopic (exact) mass is 286 g/mol. The maximum Gasteiger partial charge on any atom is 0.234 e. The van der Waals surface area contributed by atoms with E-state index in [9.17, 15) is 4.79 Å². The summed E-state index contributed by atoms with van der Waals surface area (Å²) in [7, 11) is 0. The molecule has 3 nitrogen and oxygen atoms in total. The standard InChI is InChI=1S/C16H18N2OS/c1-11-5-3-7-13(9-11)20-10-15(19)18-16-12(2)6-4-8-14(16)17/h3-9H,10,17H2,1-2H3,(H,18,19).